The Labute approximate surface area is 217 Å². The molecule has 1 aliphatic carbocycles. The molecule has 1 spiro atoms. The number of rotatable bonds is 9. The number of nitrogens with one attached hydrogen (secondary N) is 3. The molecule has 0 radical (unpaired) electrons. The molecule has 1 aromatic heterocycles. The summed E-state index contributed by atoms with van der Waals surface area (Å²) in [5.74, 6) is -0.218. The quantitative estimate of drug-likeness (QED) is 0.288. The second-order valence-electron chi connectivity index (χ2n) is 10.7. The molecule has 37 heavy (non-hydrogen) atoms. The maximum atomic E-state index is 12.8. The Bertz CT molecular complexity index is 1310. The van der Waals surface area contributed by atoms with E-state index < -0.39 is 17.5 Å². The topological polar surface area (TPSA) is 124 Å². The first kappa shape index (κ1) is 26.7. The van der Waals surface area contributed by atoms with Crippen LogP contribution in [0.15, 0.2) is 42.6 Å². The number of hydrogen-bond acceptors (Lipinski definition) is 5. The zero-order valence-corrected chi connectivity index (χ0v) is 20.7. The molecule has 1 fully saturated rings. The molecule has 3 aromatic rings. The molecule has 5 N–H and O–H groups in total. The van der Waals surface area contributed by atoms with Gasteiger partial charge in [-0.25, -0.2) is 4.79 Å². The van der Waals surface area contributed by atoms with Crippen molar-refractivity contribution in [1.82, 2.24) is 10.3 Å². The lowest BCUT2D eigenvalue weighted by molar-refractivity contribution is -0.120. The monoisotopic (exact) mass is 507 g/mol. The SMILES string of the molecule is C.CC(C)(Cc1c[nH]c2cc(C(=O)O)ccc12)NC[C@H](O)COc1cccc2c1C1(CCCC1)C(=O)N2. The van der Waals surface area contributed by atoms with E-state index in [0.29, 0.717) is 18.7 Å². The first-order chi connectivity index (χ1) is 17.2. The fraction of sp³-hybridized carbons (Fsp3) is 0.448. The number of carbonyl (C=O) groups excluding carboxylic acids is 1. The van der Waals surface area contributed by atoms with Gasteiger partial charge in [0.1, 0.15) is 18.5 Å². The third-order valence-electron chi connectivity index (χ3n) is 7.54. The van der Waals surface area contributed by atoms with Gasteiger partial charge in [0.05, 0.1) is 11.0 Å². The lowest BCUT2D eigenvalue weighted by atomic mass is 9.79. The smallest absolute Gasteiger partial charge is 0.335 e. The molecular formula is C29H37N3O5. The van der Waals surface area contributed by atoms with Crippen molar-refractivity contribution in [3.63, 3.8) is 0 Å². The highest BCUT2D eigenvalue weighted by Gasteiger charge is 2.50. The van der Waals surface area contributed by atoms with E-state index in [1.807, 2.05) is 30.5 Å². The normalized spacial score (nSPS) is 16.9. The molecule has 1 amide bonds. The Kier molecular flexibility index (Phi) is 7.35. The van der Waals surface area contributed by atoms with Crippen molar-refractivity contribution in [3.05, 3.63) is 59.3 Å². The summed E-state index contributed by atoms with van der Waals surface area (Å²) in [4.78, 5) is 27.2. The van der Waals surface area contributed by atoms with Crippen molar-refractivity contribution in [2.24, 2.45) is 0 Å². The average Bonchev–Trinajstić information content (AvgIpc) is 3.55. The Morgan fingerprint density at radius 3 is 2.70 bits per heavy atom. The van der Waals surface area contributed by atoms with Crippen LogP contribution in [0.5, 0.6) is 5.75 Å². The number of β-amino-alcohol motifs (C(OH)–C–C–N with tert-alkyl or cyclic N) is 1. The predicted octanol–water partition coefficient (Wildman–Crippen LogP) is 4.62. The molecule has 2 aliphatic rings. The van der Waals surface area contributed by atoms with Gasteiger partial charge in [-0.2, -0.15) is 0 Å². The minimum absolute atomic E-state index is 0. The van der Waals surface area contributed by atoms with Gasteiger partial charge in [0.2, 0.25) is 5.91 Å². The molecule has 1 atom stereocenters. The summed E-state index contributed by atoms with van der Waals surface area (Å²) in [6, 6.07) is 10.8. The van der Waals surface area contributed by atoms with E-state index in [-0.39, 0.29) is 31.0 Å². The summed E-state index contributed by atoms with van der Waals surface area (Å²) in [6.07, 6.45) is 5.58. The lowest BCUT2D eigenvalue weighted by Crippen LogP contribution is -2.46. The van der Waals surface area contributed by atoms with E-state index in [1.165, 1.54) is 0 Å². The molecule has 2 heterocycles. The zero-order valence-electron chi connectivity index (χ0n) is 20.7. The van der Waals surface area contributed by atoms with Gasteiger partial charge in [-0.15, -0.1) is 0 Å². The number of aromatic nitrogens is 1. The standard InChI is InChI=1S/C28H33N3O5.CH4/c1-27(2,13-18-14-29-22-12-17(25(33)34)8-9-20(18)22)30-15-19(32)16-36-23-7-5-6-21-24(23)28(26(35)31-21)10-3-4-11-28;/h5-9,12,14,19,29-30,32H,3-4,10-11,13,15-16H2,1-2H3,(H,31,35)(H,33,34);1H4/t19-;/m0./s1. The first-order valence-electron chi connectivity index (χ1n) is 12.5. The first-order valence-corrected chi connectivity index (χ1v) is 12.5. The third-order valence-corrected chi connectivity index (χ3v) is 7.54. The van der Waals surface area contributed by atoms with Crippen LogP contribution < -0.4 is 15.4 Å². The number of aliphatic hydroxyl groups is 1. The van der Waals surface area contributed by atoms with Crippen LogP contribution in [0, 0.1) is 0 Å². The largest absolute Gasteiger partial charge is 0.490 e. The lowest BCUT2D eigenvalue weighted by Gasteiger charge is -2.28. The maximum Gasteiger partial charge on any atom is 0.335 e. The second kappa shape index (κ2) is 10.2. The van der Waals surface area contributed by atoms with Crippen molar-refractivity contribution in [1.29, 1.82) is 0 Å². The molecule has 8 nitrogen and oxygen atoms in total. The van der Waals surface area contributed by atoms with Gasteiger partial charge >= 0.3 is 5.97 Å². The molecule has 1 aliphatic heterocycles. The molecule has 0 bridgehead atoms. The van der Waals surface area contributed by atoms with Crippen LogP contribution in [0.1, 0.15) is 68.4 Å². The van der Waals surface area contributed by atoms with E-state index in [1.54, 1.807) is 12.1 Å². The van der Waals surface area contributed by atoms with Gasteiger partial charge in [-0.3, -0.25) is 4.79 Å². The van der Waals surface area contributed by atoms with E-state index in [9.17, 15) is 19.8 Å². The van der Waals surface area contributed by atoms with Gasteiger partial charge in [0.25, 0.3) is 0 Å². The van der Waals surface area contributed by atoms with Crippen molar-refractivity contribution in [2.75, 3.05) is 18.5 Å². The Hall–Kier alpha value is -3.36. The molecular weight excluding hydrogens is 470 g/mol. The number of anilines is 1. The summed E-state index contributed by atoms with van der Waals surface area (Å²) < 4.78 is 6.07. The van der Waals surface area contributed by atoms with Crippen molar-refractivity contribution >= 4 is 28.5 Å². The summed E-state index contributed by atoms with van der Waals surface area (Å²) in [6.45, 7) is 4.59. The van der Waals surface area contributed by atoms with Gasteiger partial charge in [-0.1, -0.05) is 32.4 Å². The van der Waals surface area contributed by atoms with Gasteiger partial charge in [0.15, 0.2) is 0 Å². The van der Waals surface area contributed by atoms with E-state index in [2.05, 4.69) is 29.5 Å². The number of H-pyrrole nitrogens is 1. The highest BCUT2D eigenvalue weighted by atomic mass is 16.5. The Balaban J connectivity index is 0.00000320. The number of aliphatic hydroxyl groups excluding tert-OH is 1. The van der Waals surface area contributed by atoms with E-state index >= 15 is 0 Å². The van der Waals surface area contributed by atoms with Crippen LogP contribution >= 0.6 is 0 Å². The number of amides is 1. The van der Waals surface area contributed by atoms with Crippen LogP contribution in [0.3, 0.4) is 0 Å². The van der Waals surface area contributed by atoms with E-state index in [4.69, 9.17) is 4.74 Å². The fourth-order valence-electron chi connectivity index (χ4n) is 5.70. The summed E-state index contributed by atoms with van der Waals surface area (Å²) >= 11 is 0. The summed E-state index contributed by atoms with van der Waals surface area (Å²) in [7, 11) is 0. The number of aromatic amines is 1. The Morgan fingerprint density at radius 2 is 1.97 bits per heavy atom. The number of carboxylic acid groups (broad SMARTS) is 1. The number of carbonyl (C=O) groups is 2. The fourth-order valence-corrected chi connectivity index (χ4v) is 5.70. The second-order valence-corrected chi connectivity index (χ2v) is 10.7. The number of benzene rings is 2. The number of fused-ring (bicyclic) bond motifs is 3. The highest BCUT2D eigenvalue weighted by Crippen LogP contribution is 2.52. The summed E-state index contributed by atoms with van der Waals surface area (Å²) in [5.41, 5.74) is 3.06. The molecule has 5 rings (SSSR count). The van der Waals surface area contributed by atoms with Crippen LogP contribution in [0.4, 0.5) is 5.69 Å². The van der Waals surface area contributed by atoms with Crippen molar-refractivity contribution < 1.29 is 24.5 Å². The molecule has 0 unspecified atom stereocenters. The number of aromatic carboxylic acids is 1. The molecule has 2 aromatic carbocycles. The minimum atomic E-state index is -0.951. The summed E-state index contributed by atoms with van der Waals surface area (Å²) in [5, 5.41) is 27.3. The maximum absolute atomic E-state index is 12.8. The van der Waals surface area contributed by atoms with Crippen LogP contribution in [0.2, 0.25) is 0 Å². The van der Waals surface area contributed by atoms with Gasteiger partial charge in [0, 0.05) is 40.4 Å². The van der Waals surface area contributed by atoms with Crippen LogP contribution in [-0.4, -0.2) is 51.9 Å². The number of ether oxygens (including phenoxy) is 1. The Morgan fingerprint density at radius 1 is 1.22 bits per heavy atom. The average molecular weight is 508 g/mol. The van der Waals surface area contributed by atoms with Crippen molar-refractivity contribution in [2.45, 2.75) is 70.4 Å². The highest BCUT2D eigenvalue weighted by molar-refractivity contribution is 6.07. The van der Waals surface area contributed by atoms with Crippen molar-refractivity contribution in [3.8, 4) is 5.75 Å². The zero-order chi connectivity index (χ0) is 25.5. The molecule has 8 heteroatoms. The van der Waals surface area contributed by atoms with E-state index in [0.717, 1.165) is 53.4 Å². The molecule has 0 saturated heterocycles. The van der Waals surface area contributed by atoms with Crippen LogP contribution in [0.25, 0.3) is 10.9 Å². The number of carboxylic acids is 1. The number of hydrogen-bond donors (Lipinski definition) is 5. The minimum Gasteiger partial charge on any atom is -0.490 e. The van der Waals surface area contributed by atoms with Crippen LogP contribution in [-0.2, 0) is 16.6 Å². The van der Waals surface area contributed by atoms with Gasteiger partial charge in [-0.05, 0) is 62.9 Å². The van der Waals surface area contributed by atoms with Gasteiger partial charge < -0.3 is 30.6 Å². The molecule has 1 saturated carbocycles. The predicted molar refractivity (Wildman–Crippen MR) is 144 cm³/mol. The molecule has 198 valence electrons. The third kappa shape index (κ3) is 5.08.